The lowest BCUT2D eigenvalue weighted by molar-refractivity contribution is 0.0551. The van der Waals surface area contributed by atoms with E-state index >= 15 is 0 Å². The average Bonchev–Trinajstić information content (AvgIpc) is 2.56. The second kappa shape index (κ2) is 10.3. The summed E-state index contributed by atoms with van der Waals surface area (Å²) in [4.78, 5) is 12.5. The van der Waals surface area contributed by atoms with Gasteiger partial charge in [0, 0.05) is 12.1 Å². The van der Waals surface area contributed by atoms with E-state index in [0.29, 0.717) is 55.6 Å². The Morgan fingerprint density at radius 3 is 1.96 bits per heavy atom. The fourth-order valence-corrected chi connectivity index (χ4v) is 2.38. The molecule has 0 aliphatic carbocycles. The van der Waals surface area contributed by atoms with Gasteiger partial charge in [-0.25, -0.2) is 0 Å². The van der Waals surface area contributed by atoms with Gasteiger partial charge in [0.05, 0.1) is 25.9 Å². The summed E-state index contributed by atoms with van der Waals surface area (Å²) in [5, 5.41) is 12.9. The minimum atomic E-state index is -0.485. The SMILES string of the molecule is CCOc1cc(C(=O)NCCC(O)C(C)(C)C)cc(OCC)c1OCC. The zero-order valence-corrected chi connectivity index (χ0v) is 16.8. The van der Waals surface area contributed by atoms with Gasteiger partial charge in [-0.1, -0.05) is 20.8 Å². The summed E-state index contributed by atoms with van der Waals surface area (Å²) >= 11 is 0. The van der Waals surface area contributed by atoms with Crippen LogP contribution in [0.2, 0.25) is 0 Å². The molecule has 0 bridgehead atoms. The second-order valence-corrected chi connectivity index (χ2v) is 7.03. The molecular weight excluding hydrogens is 334 g/mol. The smallest absolute Gasteiger partial charge is 0.251 e. The van der Waals surface area contributed by atoms with Crippen molar-refractivity contribution in [2.45, 2.75) is 54.1 Å². The molecule has 0 aliphatic heterocycles. The first kappa shape index (κ1) is 22.1. The molecule has 1 rings (SSSR count). The van der Waals surface area contributed by atoms with Crippen LogP contribution in [-0.4, -0.2) is 43.5 Å². The predicted molar refractivity (Wildman–Crippen MR) is 102 cm³/mol. The Bertz CT molecular complexity index is 553. The second-order valence-electron chi connectivity index (χ2n) is 7.03. The van der Waals surface area contributed by atoms with Crippen LogP contribution < -0.4 is 19.5 Å². The summed E-state index contributed by atoms with van der Waals surface area (Å²) < 4.78 is 16.9. The van der Waals surface area contributed by atoms with Crippen LogP contribution in [0.5, 0.6) is 17.2 Å². The average molecular weight is 367 g/mol. The van der Waals surface area contributed by atoms with Crippen molar-refractivity contribution in [1.82, 2.24) is 5.32 Å². The molecule has 148 valence electrons. The van der Waals surface area contributed by atoms with Crippen molar-refractivity contribution >= 4 is 5.91 Å². The first-order valence-electron chi connectivity index (χ1n) is 9.27. The fourth-order valence-electron chi connectivity index (χ4n) is 2.38. The van der Waals surface area contributed by atoms with E-state index in [1.165, 1.54) is 0 Å². The maximum Gasteiger partial charge on any atom is 0.251 e. The largest absolute Gasteiger partial charge is 0.490 e. The van der Waals surface area contributed by atoms with Gasteiger partial charge in [0.2, 0.25) is 5.75 Å². The molecule has 0 radical (unpaired) electrons. The van der Waals surface area contributed by atoms with Crippen molar-refractivity contribution in [3.05, 3.63) is 17.7 Å². The summed E-state index contributed by atoms with van der Waals surface area (Å²) in [5.74, 6) is 1.24. The Labute approximate surface area is 156 Å². The van der Waals surface area contributed by atoms with Gasteiger partial charge < -0.3 is 24.6 Å². The fraction of sp³-hybridized carbons (Fsp3) is 0.650. The third kappa shape index (κ3) is 6.41. The highest BCUT2D eigenvalue weighted by atomic mass is 16.5. The number of nitrogens with one attached hydrogen (secondary N) is 1. The highest BCUT2D eigenvalue weighted by Gasteiger charge is 2.22. The minimum Gasteiger partial charge on any atom is -0.490 e. The molecule has 0 aromatic heterocycles. The van der Waals surface area contributed by atoms with Crippen molar-refractivity contribution in [3.8, 4) is 17.2 Å². The van der Waals surface area contributed by atoms with E-state index in [0.717, 1.165) is 0 Å². The van der Waals surface area contributed by atoms with Crippen LogP contribution in [0.1, 0.15) is 58.3 Å². The van der Waals surface area contributed by atoms with Crippen molar-refractivity contribution in [3.63, 3.8) is 0 Å². The normalized spacial score (nSPS) is 12.4. The minimum absolute atomic E-state index is 0.214. The van der Waals surface area contributed by atoms with Crippen LogP contribution >= 0.6 is 0 Å². The van der Waals surface area contributed by atoms with Gasteiger partial charge in [-0.05, 0) is 44.7 Å². The lowest BCUT2D eigenvalue weighted by atomic mass is 9.87. The molecule has 0 heterocycles. The van der Waals surface area contributed by atoms with E-state index in [2.05, 4.69) is 5.32 Å². The van der Waals surface area contributed by atoms with E-state index in [4.69, 9.17) is 14.2 Å². The molecule has 0 saturated heterocycles. The van der Waals surface area contributed by atoms with E-state index in [1.54, 1.807) is 12.1 Å². The molecule has 0 aliphatic rings. The number of carbonyl (C=O) groups excluding carboxylic acids is 1. The molecule has 0 spiro atoms. The molecule has 1 atom stereocenters. The van der Waals surface area contributed by atoms with Crippen LogP contribution in [0.3, 0.4) is 0 Å². The van der Waals surface area contributed by atoms with Crippen LogP contribution in [0.25, 0.3) is 0 Å². The van der Waals surface area contributed by atoms with Gasteiger partial charge in [0.15, 0.2) is 11.5 Å². The molecule has 6 nitrogen and oxygen atoms in total. The summed E-state index contributed by atoms with van der Waals surface area (Å²) in [6.45, 7) is 13.3. The summed E-state index contributed by atoms with van der Waals surface area (Å²) in [6.07, 6.45) is 0.00390. The highest BCUT2D eigenvalue weighted by molar-refractivity contribution is 5.95. The number of hydrogen-bond donors (Lipinski definition) is 2. The molecule has 6 heteroatoms. The molecule has 0 fully saturated rings. The van der Waals surface area contributed by atoms with Gasteiger partial charge in [-0.2, -0.15) is 0 Å². The van der Waals surface area contributed by atoms with Gasteiger partial charge in [-0.15, -0.1) is 0 Å². The van der Waals surface area contributed by atoms with Crippen LogP contribution in [0.15, 0.2) is 12.1 Å². The first-order valence-corrected chi connectivity index (χ1v) is 9.27. The van der Waals surface area contributed by atoms with Crippen LogP contribution in [0, 0.1) is 5.41 Å². The van der Waals surface area contributed by atoms with E-state index in [9.17, 15) is 9.90 Å². The third-order valence-electron chi connectivity index (χ3n) is 3.87. The predicted octanol–water partition coefficient (Wildman–Crippen LogP) is 3.41. The Balaban J connectivity index is 2.94. The van der Waals surface area contributed by atoms with Crippen molar-refractivity contribution in [2.24, 2.45) is 5.41 Å². The number of amides is 1. The maximum absolute atomic E-state index is 12.5. The molecule has 1 aromatic rings. The van der Waals surface area contributed by atoms with E-state index in [-0.39, 0.29) is 11.3 Å². The van der Waals surface area contributed by atoms with Gasteiger partial charge >= 0.3 is 0 Å². The molecule has 2 N–H and O–H groups in total. The van der Waals surface area contributed by atoms with E-state index in [1.807, 2.05) is 41.5 Å². The quantitative estimate of drug-likeness (QED) is 0.663. The summed E-state index contributed by atoms with van der Waals surface area (Å²) in [6, 6.07) is 3.32. The number of rotatable bonds is 10. The maximum atomic E-state index is 12.5. The topological polar surface area (TPSA) is 77.0 Å². The number of benzene rings is 1. The van der Waals surface area contributed by atoms with Crippen LogP contribution in [-0.2, 0) is 0 Å². The molecular formula is C20H33NO5. The zero-order valence-electron chi connectivity index (χ0n) is 16.8. The van der Waals surface area contributed by atoms with Gasteiger partial charge in [0.1, 0.15) is 0 Å². The lowest BCUT2D eigenvalue weighted by Gasteiger charge is -2.25. The number of ether oxygens (including phenoxy) is 3. The van der Waals surface area contributed by atoms with Gasteiger partial charge in [-0.3, -0.25) is 4.79 Å². The first-order chi connectivity index (χ1) is 12.2. The summed E-state index contributed by atoms with van der Waals surface area (Å²) in [5.41, 5.74) is 0.222. The third-order valence-corrected chi connectivity index (χ3v) is 3.87. The van der Waals surface area contributed by atoms with Crippen molar-refractivity contribution in [2.75, 3.05) is 26.4 Å². The number of aliphatic hydroxyl groups excluding tert-OH is 1. The Morgan fingerprint density at radius 1 is 1.04 bits per heavy atom. The van der Waals surface area contributed by atoms with Crippen LogP contribution in [0.4, 0.5) is 0 Å². The highest BCUT2D eigenvalue weighted by Crippen LogP contribution is 2.39. The zero-order chi connectivity index (χ0) is 19.7. The number of carbonyl (C=O) groups is 1. The van der Waals surface area contributed by atoms with E-state index < -0.39 is 6.10 Å². The molecule has 1 unspecified atom stereocenters. The Hall–Kier alpha value is -1.95. The van der Waals surface area contributed by atoms with Crippen molar-refractivity contribution < 1.29 is 24.1 Å². The Kier molecular flexibility index (Phi) is 8.72. The van der Waals surface area contributed by atoms with Crippen molar-refractivity contribution in [1.29, 1.82) is 0 Å². The molecule has 26 heavy (non-hydrogen) atoms. The number of hydrogen-bond acceptors (Lipinski definition) is 5. The summed E-state index contributed by atoms with van der Waals surface area (Å²) in [7, 11) is 0. The standard InChI is InChI=1S/C20H33NO5/c1-7-24-15-12-14(13-16(25-8-2)18(15)26-9-3)19(23)21-11-10-17(22)20(4,5)6/h12-13,17,22H,7-11H2,1-6H3,(H,21,23). The Morgan fingerprint density at radius 2 is 1.54 bits per heavy atom. The number of aliphatic hydroxyl groups is 1. The molecule has 1 aromatic carbocycles. The monoisotopic (exact) mass is 367 g/mol. The molecule has 1 amide bonds. The lowest BCUT2D eigenvalue weighted by Crippen LogP contribution is -2.32. The molecule has 0 saturated carbocycles. The van der Waals surface area contributed by atoms with Gasteiger partial charge in [0.25, 0.3) is 5.91 Å².